The van der Waals surface area contributed by atoms with Crippen LogP contribution in [-0.4, -0.2) is 15.0 Å². The van der Waals surface area contributed by atoms with Gasteiger partial charge in [-0.1, -0.05) is 29.4 Å². The zero-order valence-corrected chi connectivity index (χ0v) is 13.4. The fourth-order valence-electron chi connectivity index (χ4n) is 1.88. The number of hydrogen-bond acceptors (Lipinski definition) is 5. The molecule has 0 aliphatic carbocycles. The number of thiophene rings is 1. The lowest BCUT2D eigenvalue weighted by molar-refractivity contribution is 1.06. The van der Waals surface area contributed by atoms with Crippen molar-refractivity contribution in [3.63, 3.8) is 0 Å². The lowest BCUT2D eigenvalue weighted by atomic mass is 10.2. The molecule has 0 N–H and O–H groups in total. The van der Waals surface area contributed by atoms with Gasteiger partial charge in [0.25, 0.3) is 0 Å². The van der Waals surface area contributed by atoms with Crippen LogP contribution in [0, 0.1) is 13.8 Å². The van der Waals surface area contributed by atoms with E-state index >= 15 is 0 Å². The standard InChI is InChI=1S/C14H12ClN3S2/c1-8-9(2)20-14-12(8)13(15)17-10(18-14)7-19-11-5-3-4-6-16-11/h3-6H,7H2,1-2H3. The number of aromatic nitrogens is 3. The van der Waals surface area contributed by atoms with Crippen molar-refractivity contribution in [2.45, 2.75) is 24.6 Å². The molecule has 0 aliphatic heterocycles. The summed E-state index contributed by atoms with van der Waals surface area (Å²) >= 11 is 9.57. The Morgan fingerprint density at radius 2 is 2.10 bits per heavy atom. The summed E-state index contributed by atoms with van der Waals surface area (Å²) in [5.74, 6) is 1.42. The van der Waals surface area contributed by atoms with Gasteiger partial charge in [0.1, 0.15) is 15.8 Å². The van der Waals surface area contributed by atoms with Crippen LogP contribution < -0.4 is 0 Å². The van der Waals surface area contributed by atoms with Gasteiger partial charge >= 0.3 is 0 Å². The topological polar surface area (TPSA) is 38.7 Å². The largest absolute Gasteiger partial charge is 0.250 e. The van der Waals surface area contributed by atoms with Gasteiger partial charge < -0.3 is 0 Å². The molecular formula is C14H12ClN3S2. The van der Waals surface area contributed by atoms with Crippen molar-refractivity contribution in [1.82, 2.24) is 15.0 Å². The zero-order chi connectivity index (χ0) is 14.1. The maximum absolute atomic E-state index is 6.29. The highest BCUT2D eigenvalue weighted by Crippen LogP contribution is 2.33. The quantitative estimate of drug-likeness (QED) is 0.520. The Kier molecular flexibility index (Phi) is 3.92. The minimum atomic E-state index is 0.550. The highest BCUT2D eigenvalue weighted by atomic mass is 35.5. The number of thioether (sulfide) groups is 1. The molecule has 0 saturated carbocycles. The molecule has 0 atom stereocenters. The number of pyridine rings is 1. The normalized spacial score (nSPS) is 11.2. The van der Waals surface area contributed by atoms with E-state index in [2.05, 4.69) is 28.8 Å². The van der Waals surface area contributed by atoms with E-state index in [4.69, 9.17) is 11.6 Å². The fourth-order valence-corrected chi connectivity index (χ4v) is 4.03. The van der Waals surface area contributed by atoms with Gasteiger partial charge in [-0.05, 0) is 31.5 Å². The van der Waals surface area contributed by atoms with Gasteiger partial charge in [-0.2, -0.15) is 0 Å². The predicted octanol–water partition coefficient (Wildman–Crippen LogP) is 4.65. The van der Waals surface area contributed by atoms with E-state index in [9.17, 15) is 0 Å². The first-order valence-corrected chi connectivity index (χ1v) is 8.29. The summed E-state index contributed by atoms with van der Waals surface area (Å²) in [6.45, 7) is 4.14. The molecule has 0 bridgehead atoms. The van der Waals surface area contributed by atoms with E-state index in [0.717, 1.165) is 21.1 Å². The second kappa shape index (κ2) is 5.68. The summed E-state index contributed by atoms with van der Waals surface area (Å²) in [6.07, 6.45) is 1.78. The summed E-state index contributed by atoms with van der Waals surface area (Å²) in [5.41, 5.74) is 1.18. The second-order valence-electron chi connectivity index (χ2n) is 4.35. The minimum Gasteiger partial charge on any atom is -0.250 e. The lowest BCUT2D eigenvalue weighted by Crippen LogP contribution is -1.93. The lowest BCUT2D eigenvalue weighted by Gasteiger charge is -2.02. The third-order valence-electron chi connectivity index (χ3n) is 3.02. The van der Waals surface area contributed by atoms with Gasteiger partial charge in [-0.15, -0.1) is 11.3 Å². The van der Waals surface area contributed by atoms with Gasteiger partial charge in [0.15, 0.2) is 0 Å². The molecule has 102 valence electrons. The number of halogens is 1. The van der Waals surface area contributed by atoms with Crippen LogP contribution in [-0.2, 0) is 5.75 Å². The predicted molar refractivity (Wildman–Crippen MR) is 85.7 cm³/mol. The first kappa shape index (κ1) is 13.8. The van der Waals surface area contributed by atoms with Crippen LogP contribution in [0.2, 0.25) is 5.15 Å². The molecule has 0 unspecified atom stereocenters. The highest BCUT2D eigenvalue weighted by Gasteiger charge is 2.13. The molecular weight excluding hydrogens is 310 g/mol. The molecule has 3 rings (SSSR count). The Morgan fingerprint density at radius 1 is 1.25 bits per heavy atom. The van der Waals surface area contributed by atoms with Crippen molar-refractivity contribution in [2.24, 2.45) is 0 Å². The van der Waals surface area contributed by atoms with Crippen molar-refractivity contribution in [1.29, 1.82) is 0 Å². The number of aryl methyl sites for hydroxylation is 2. The molecule has 3 aromatic heterocycles. The molecule has 0 radical (unpaired) electrons. The third-order valence-corrected chi connectivity index (χ3v) is 5.33. The van der Waals surface area contributed by atoms with Gasteiger partial charge in [0.05, 0.1) is 16.2 Å². The SMILES string of the molecule is Cc1sc2nc(CSc3ccccn3)nc(Cl)c2c1C. The van der Waals surface area contributed by atoms with E-state index in [1.54, 1.807) is 29.3 Å². The average molecular weight is 322 g/mol. The molecule has 0 aromatic carbocycles. The molecule has 0 spiro atoms. The Balaban J connectivity index is 1.89. The Bertz CT molecular complexity index is 756. The van der Waals surface area contributed by atoms with E-state index in [0.29, 0.717) is 10.9 Å². The van der Waals surface area contributed by atoms with E-state index in [-0.39, 0.29) is 0 Å². The Hall–Kier alpha value is -1.17. The van der Waals surface area contributed by atoms with Crippen LogP contribution in [0.3, 0.4) is 0 Å². The summed E-state index contributed by atoms with van der Waals surface area (Å²) < 4.78 is 0. The van der Waals surface area contributed by atoms with Crippen LogP contribution >= 0.6 is 34.7 Å². The van der Waals surface area contributed by atoms with Crippen molar-refractivity contribution in [3.05, 3.63) is 45.8 Å². The summed E-state index contributed by atoms with van der Waals surface area (Å²) in [7, 11) is 0. The molecule has 3 aromatic rings. The van der Waals surface area contributed by atoms with Gasteiger partial charge in [-0.25, -0.2) is 15.0 Å². The smallest absolute Gasteiger partial charge is 0.142 e. The van der Waals surface area contributed by atoms with Crippen LogP contribution in [0.1, 0.15) is 16.3 Å². The number of nitrogens with zero attached hydrogens (tertiary/aromatic N) is 3. The van der Waals surface area contributed by atoms with Crippen LogP contribution in [0.25, 0.3) is 10.2 Å². The monoisotopic (exact) mass is 321 g/mol. The Labute approximate surface area is 130 Å². The maximum Gasteiger partial charge on any atom is 0.142 e. The van der Waals surface area contributed by atoms with Crippen LogP contribution in [0.4, 0.5) is 0 Å². The Morgan fingerprint density at radius 3 is 2.85 bits per heavy atom. The second-order valence-corrected chi connectivity index (χ2v) is 6.91. The molecule has 20 heavy (non-hydrogen) atoms. The third kappa shape index (κ3) is 2.66. The fraction of sp³-hybridized carbons (Fsp3) is 0.214. The van der Waals surface area contributed by atoms with Gasteiger partial charge in [0, 0.05) is 11.1 Å². The van der Waals surface area contributed by atoms with Gasteiger partial charge in [-0.3, -0.25) is 0 Å². The first-order chi connectivity index (χ1) is 9.65. The van der Waals surface area contributed by atoms with Gasteiger partial charge in [0.2, 0.25) is 0 Å². The van der Waals surface area contributed by atoms with Crippen molar-refractivity contribution >= 4 is 44.9 Å². The number of hydrogen-bond donors (Lipinski definition) is 0. The molecule has 3 nitrogen and oxygen atoms in total. The molecule has 6 heteroatoms. The van der Waals surface area contributed by atoms with E-state index in [1.165, 1.54) is 10.4 Å². The number of fused-ring (bicyclic) bond motifs is 1. The zero-order valence-electron chi connectivity index (χ0n) is 11.1. The summed E-state index contributed by atoms with van der Waals surface area (Å²) in [4.78, 5) is 15.5. The van der Waals surface area contributed by atoms with Crippen LogP contribution in [0.15, 0.2) is 29.4 Å². The first-order valence-electron chi connectivity index (χ1n) is 6.11. The minimum absolute atomic E-state index is 0.550. The number of rotatable bonds is 3. The molecule has 3 heterocycles. The van der Waals surface area contributed by atoms with Crippen molar-refractivity contribution in [3.8, 4) is 0 Å². The van der Waals surface area contributed by atoms with E-state index < -0.39 is 0 Å². The van der Waals surface area contributed by atoms with E-state index in [1.807, 2.05) is 18.2 Å². The van der Waals surface area contributed by atoms with Crippen LogP contribution in [0.5, 0.6) is 0 Å². The van der Waals surface area contributed by atoms with Crippen molar-refractivity contribution in [2.75, 3.05) is 0 Å². The molecule has 0 aliphatic rings. The average Bonchev–Trinajstić information content (AvgIpc) is 2.73. The molecule has 0 amide bonds. The molecule has 0 fully saturated rings. The molecule has 0 saturated heterocycles. The summed E-state index contributed by atoms with van der Waals surface area (Å²) in [5, 5.41) is 2.50. The van der Waals surface area contributed by atoms with Crippen molar-refractivity contribution < 1.29 is 0 Å². The highest BCUT2D eigenvalue weighted by molar-refractivity contribution is 7.98. The summed E-state index contributed by atoms with van der Waals surface area (Å²) in [6, 6.07) is 5.85. The maximum atomic E-state index is 6.29.